The molecule has 1 unspecified atom stereocenters. The van der Waals surface area contributed by atoms with Crippen LogP contribution in [0.15, 0.2) is 72.8 Å². The highest BCUT2D eigenvalue weighted by molar-refractivity contribution is 5.98. The molecular formula is C25H21N3O7. The van der Waals surface area contributed by atoms with Gasteiger partial charge in [0.15, 0.2) is 0 Å². The summed E-state index contributed by atoms with van der Waals surface area (Å²) in [5, 5.41) is 24.7. The quantitative estimate of drug-likeness (QED) is 0.330. The molecule has 10 heteroatoms. The van der Waals surface area contributed by atoms with E-state index in [0.29, 0.717) is 0 Å². The standard InChI is InChI=1S/C25H21N3O7/c29-23(30)13-22(24(31)26-15-9-11-16(12-10-15)28(33)34)27-25(32)35-14-21-19-7-3-1-5-17(19)18-6-2-4-8-20(18)21/h1-12,21-22H,13-14H2,(H,26,31)(H,27,32)(H,29,30). The lowest BCUT2D eigenvalue weighted by molar-refractivity contribution is -0.384. The number of alkyl carbamates (subject to hydrolysis) is 1. The maximum atomic E-state index is 12.6. The Kier molecular flexibility index (Phi) is 6.72. The summed E-state index contributed by atoms with van der Waals surface area (Å²) in [6, 6.07) is 19.2. The molecule has 0 spiro atoms. The van der Waals surface area contributed by atoms with Crippen molar-refractivity contribution in [3.05, 3.63) is 94.0 Å². The maximum Gasteiger partial charge on any atom is 0.407 e. The first-order valence-corrected chi connectivity index (χ1v) is 10.7. The number of carboxylic acids is 1. The molecule has 10 nitrogen and oxygen atoms in total. The van der Waals surface area contributed by atoms with E-state index in [1.54, 1.807) is 0 Å². The summed E-state index contributed by atoms with van der Waals surface area (Å²) in [6.45, 7) is 0.00359. The fourth-order valence-electron chi connectivity index (χ4n) is 4.06. The predicted octanol–water partition coefficient (Wildman–Crippen LogP) is 3.92. The fraction of sp³-hybridized carbons (Fsp3) is 0.160. The molecule has 3 aromatic carbocycles. The van der Waals surface area contributed by atoms with Gasteiger partial charge < -0.3 is 20.5 Å². The summed E-state index contributed by atoms with van der Waals surface area (Å²) >= 11 is 0. The predicted molar refractivity (Wildman–Crippen MR) is 126 cm³/mol. The number of fused-ring (bicyclic) bond motifs is 3. The first-order chi connectivity index (χ1) is 16.8. The minimum atomic E-state index is -1.42. The third-order valence-electron chi connectivity index (χ3n) is 5.68. The van der Waals surface area contributed by atoms with Crippen molar-refractivity contribution < 1.29 is 29.2 Å². The van der Waals surface area contributed by atoms with Crippen molar-refractivity contribution in [2.75, 3.05) is 11.9 Å². The molecule has 178 valence electrons. The summed E-state index contributed by atoms with van der Waals surface area (Å²) in [6.07, 6.45) is -1.61. The number of hydrogen-bond donors (Lipinski definition) is 3. The number of amides is 2. The van der Waals surface area contributed by atoms with Gasteiger partial charge in [0.2, 0.25) is 5.91 Å². The number of rotatable bonds is 8. The first-order valence-electron chi connectivity index (χ1n) is 10.7. The number of nitrogens with zero attached hydrogens (tertiary/aromatic N) is 1. The van der Waals surface area contributed by atoms with Crippen LogP contribution < -0.4 is 10.6 Å². The second-order valence-electron chi connectivity index (χ2n) is 7.91. The number of nitrogens with one attached hydrogen (secondary N) is 2. The highest BCUT2D eigenvalue weighted by atomic mass is 16.6. The van der Waals surface area contributed by atoms with E-state index in [1.807, 2.05) is 48.5 Å². The maximum absolute atomic E-state index is 12.6. The summed E-state index contributed by atoms with van der Waals surface area (Å²) in [7, 11) is 0. The van der Waals surface area contributed by atoms with Gasteiger partial charge >= 0.3 is 12.1 Å². The van der Waals surface area contributed by atoms with Crippen molar-refractivity contribution in [2.24, 2.45) is 0 Å². The second-order valence-corrected chi connectivity index (χ2v) is 7.91. The van der Waals surface area contributed by atoms with E-state index in [4.69, 9.17) is 4.74 Å². The third-order valence-corrected chi connectivity index (χ3v) is 5.68. The molecule has 0 bridgehead atoms. The van der Waals surface area contributed by atoms with Crippen LogP contribution in [0.1, 0.15) is 23.5 Å². The van der Waals surface area contributed by atoms with E-state index < -0.39 is 35.4 Å². The molecular weight excluding hydrogens is 454 g/mol. The number of carbonyl (C=O) groups is 3. The van der Waals surface area contributed by atoms with E-state index in [1.165, 1.54) is 24.3 Å². The summed E-state index contributed by atoms with van der Waals surface area (Å²) in [5.74, 6) is -2.29. The molecule has 0 radical (unpaired) electrons. The van der Waals surface area contributed by atoms with Gasteiger partial charge in [-0.25, -0.2) is 4.79 Å². The Morgan fingerprint density at radius 2 is 1.51 bits per heavy atom. The lowest BCUT2D eigenvalue weighted by atomic mass is 9.98. The minimum absolute atomic E-state index is 0.00359. The van der Waals surface area contributed by atoms with E-state index in [-0.39, 0.29) is 23.9 Å². The van der Waals surface area contributed by atoms with E-state index in [2.05, 4.69) is 10.6 Å². The number of nitro benzene ring substituents is 1. The van der Waals surface area contributed by atoms with Crippen LogP contribution in [-0.4, -0.2) is 40.6 Å². The van der Waals surface area contributed by atoms with Crippen molar-refractivity contribution >= 4 is 29.3 Å². The molecule has 1 atom stereocenters. The Morgan fingerprint density at radius 3 is 2.06 bits per heavy atom. The largest absolute Gasteiger partial charge is 0.481 e. The normalized spacial score (nSPS) is 12.7. The van der Waals surface area contributed by atoms with Crippen molar-refractivity contribution in [3.63, 3.8) is 0 Å². The topological polar surface area (TPSA) is 148 Å². The Bertz CT molecular complexity index is 1240. The van der Waals surface area contributed by atoms with Gasteiger partial charge in [0.25, 0.3) is 5.69 Å². The summed E-state index contributed by atoms with van der Waals surface area (Å²) < 4.78 is 5.40. The lowest BCUT2D eigenvalue weighted by Crippen LogP contribution is -2.45. The van der Waals surface area contributed by atoms with Gasteiger partial charge in [0, 0.05) is 23.7 Å². The molecule has 0 saturated carbocycles. The number of aliphatic carboxylic acids is 1. The highest BCUT2D eigenvalue weighted by Gasteiger charge is 2.30. The summed E-state index contributed by atoms with van der Waals surface area (Å²) in [5.41, 5.74) is 4.19. The molecule has 3 aromatic rings. The van der Waals surface area contributed by atoms with Crippen molar-refractivity contribution in [1.29, 1.82) is 0 Å². The Hall–Kier alpha value is -4.73. The zero-order valence-corrected chi connectivity index (χ0v) is 18.3. The number of carboxylic acid groups (broad SMARTS) is 1. The number of carbonyl (C=O) groups excluding carboxylic acids is 2. The van der Waals surface area contributed by atoms with E-state index >= 15 is 0 Å². The molecule has 0 aromatic heterocycles. The van der Waals surface area contributed by atoms with Gasteiger partial charge in [-0.05, 0) is 34.4 Å². The fourth-order valence-corrected chi connectivity index (χ4v) is 4.06. The Labute approximate surface area is 199 Å². The average Bonchev–Trinajstić information content (AvgIpc) is 3.16. The van der Waals surface area contributed by atoms with Crippen molar-refractivity contribution in [1.82, 2.24) is 5.32 Å². The molecule has 0 heterocycles. The minimum Gasteiger partial charge on any atom is -0.481 e. The van der Waals surface area contributed by atoms with Crippen LogP contribution in [0.25, 0.3) is 11.1 Å². The van der Waals surface area contributed by atoms with Crippen LogP contribution >= 0.6 is 0 Å². The molecule has 0 saturated heterocycles. The number of anilines is 1. The zero-order valence-electron chi connectivity index (χ0n) is 18.3. The van der Waals surface area contributed by atoms with Crippen molar-refractivity contribution in [2.45, 2.75) is 18.4 Å². The molecule has 0 aliphatic heterocycles. The number of nitro groups is 1. The second kappa shape index (κ2) is 10.0. The van der Waals surface area contributed by atoms with Crippen LogP contribution in [0.5, 0.6) is 0 Å². The van der Waals surface area contributed by atoms with E-state index in [0.717, 1.165) is 22.3 Å². The van der Waals surface area contributed by atoms with Gasteiger partial charge in [-0.15, -0.1) is 0 Å². The SMILES string of the molecule is O=C(O)CC(NC(=O)OCC1c2ccccc2-c2ccccc21)C(=O)Nc1ccc([N+](=O)[O-])cc1. The molecule has 1 aliphatic carbocycles. The number of benzene rings is 3. The molecule has 35 heavy (non-hydrogen) atoms. The average molecular weight is 475 g/mol. The molecule has 0 fully saturated rings. The van der Waals surface area contributed by atoms with Gasteiger partial charge in [0.1, 0.15) is 12.6 Å². The first kappa shape index (κ1) is 23.4. The molecule has 1 aliphatic rings. The number of hydrogen-bond acceptors (Lipinski definition) is 6. The van der Waals surface area contributed by atoms with Crippen LogP contribution in [0.4, 0.5) is 16.2 Å². The highest BCUT2D eigenvalue weighted by Crippen LogP contribution is 2.44. The smallest absolute Gasteiger partial charge is 0.407 e. The van der Waals surface area contributed by atoms with Crippen molar-refractivity contribution in [3.8, 4) is 11.1 Å². The number of ether oxygens (including phenoxy) is 1. The van der Waals surface area contributed by atoms with Crippen LogP contribution in [0.3, 0.4) is 0 Å². The molecule has 3 N–H and O–H groups in total. The van der Waals surface area contributed by atoms with Gasteiger partial charge in [-0.2, -0.15) is 0 Å². The Balaban J connectivity index is 1.41. The number of non-ortho nitro benzene ring substituents is 1. The molecule has 4 rings (SSSR count). The lowest BCUT2D eigenvalue weighted by Gasteiger charge is -2.18. The Morgan fingerprint density at radius 1 is 0.943 bits per heavy atom. The van der Waals surface area contributed by atoms with Crippen LogP contribution in [-0.2, 0) is 14.3 Å². The van der Waals surface area contributed by atoms with Gasteiger partial charge in [-0.1, -0.05) is 48.5 Å². The summed E-state index contributed by atoms with van der Waals surface area (Å²) in [4.78, 5) is 46.6. The van der Waals surface area contributed by atoms with Crippen LogP contribution in [0.2, 0.25) is 0 Å². The third kappa shape index (κ3) is 5.27. The monoisotopic (exact) mass is 475 g/mol. The van der Waals surface area contributed by atoms with E-state index in [9.17, 15) is 29.6 Å². The van der Waals surface area contributed by atoms with Gasteiger partial charge in [0.05, 0.1) is 11.3 Å². The molecule has 2 amide bonds. The van der Waals surface area contributed by atoms with Gasteiger partial charge in [-0.3, -0.25) is 19.7 Å². The zero-order chi connectivity index (χ0) is 24.9. The van der Waals surface area contributed by atoms with Crippen LogP contribution in [0, 0.1) is 10.1 Å².